The molecule has 1 saturated heterocycles. The summed E-state index contributed by atoms with van der Waals surface area (Å²) in [6, 6.07) is 8.20. The molecule has 3 rings (SSSR count). The van der Waals surface area contributed by atoms with E-state index in [1.54, 1.807) is 51.1 Å². The number of aliphatic hydroxyl groups excluding tert-OH is 2. The Kier molecular flexibility index (Phi) is 9.46. The molecule has 1 unspecified atom stereocenters. The molecule has 0 aliphatic carbocycles. The van der Waals surface area contributed by atoms with Gasteiger partial charge in [-0.05, 0) is 12.1 Å². The maximum absolute atomic E-state index is 13.4. The van der Waals surface area contributed by atoms with Crippen LogP contribution in [0.3, 0.4) is 0 Å². The molecule has 37 heavy (non-hydrogen) atoms. The van der Waals surface area contributed by atoms with Crippen LogP contribution in [0.4, 0.5) is 0 Å². The first-order valence-electron chi connectivity index (χ1n) is 11.4. The molecule has 204 valence electrons. The van der Waals surface area contributed by atoms with Gasteiger partial charge in [-0.2, -0.15) is 0 Å². The van der Waals surface area contributed by atoms with Crippen molar-refractivity contribution in [3.8, 4) is 11.6 Å². The van der Waals surface area contributed by atoms with E-state index in [1.165, 1.54) is 6.33 Å². The number of nitrogens with two attached hydrogens (primary N) is 1. The lowest BCUT2D eigenvalue weighted by atomic mass is 10.00. The summed E-state index contributed by atoms with van der Waals surface area (Å²) in [4.78, 5) is 16.0. The molecule has 1 fully saturated rings. The molecule has 2 heterocycles. The Balaban J connectivity index is 1.67. The zero-order chi connectivity index (χ0) is 27.4. The van der Waals surface area contributed by atoms with Gasteiger partial charge in [0.1, 0.15) is 36.1 Å². The minimum atomic E-state index is -4.24. The third kappa shape index (κ3) is 7.35. The van der Waals surface area contributed by atoms with E-state index in [0.29, 0.717) is 0 Å². The van der Waals surface area contributed by atoms with Gasteiger partial charge >= 0.3 is 7.82 Å². The lowest BCUT2D eigenvalue weighted by molar-refractivity contribution is -0.117. The average Bonchev–Trinajstić information content (AvgIpc) is 3.34. The summed E-state index contributed by atoms with van der Waals surface area (Å²) in [5.74, 6) is 0.0153. The zero-order valence-electron chi connectivity index (χ0n) is 20.7. The van der Waals surface area contributed by atoms with Gasteiger partial charge in [-0.3, -0.25) is 18.4 Å². The number of rotatable bonds is 11. The highest BCUT2D eigenvalue weighted by molar-refractivity contribution is 8.13. The van der Waals surface area contributed by atoms with E-state index < -0.39 is 50.3 Å². The van der Waals surface area contributed by atoms with Crippen molar-refractivity contribution in [1.29, 1.82) is 0 Å². The van der Waals surface area contributed by atoms with Crippen LogP contribution in [-0.4, -0.2) is 67.3 Å². The van der Waals surface area contributed by atoms with E-state index in [-0.39, 0.29) is 34.6 Å². The van der Waals surface area contributed by atoms with Crippen LogP contribution in [0.25, 0.3) is 5.70 Å². The van der Waals surface area contributed by atoms with Crippen molar-refractivity contribution in [3.05, 3.63) is 48.9 Å². The van der Waals surface area contributed by atoms with Crippen LogP contribution in [0.15, 0.2) is 43.2 Å². The molecule has 1 aliphatic heterocycles. The van der Waals surface area contributed by atoms with Crippen LogP contribution < -0.4 is 10.3 Å². The molecule has 1 aliphatic rings. The minimum absolute atomic E-state index is 0.00182. The van der Waals surface area contributed by atoms with Crippen molar-refractivity contribution in [2.75, 3.05) is 19.0 Å². The second-order valence-electron chi connectivity index (χ2n) is 9.26. The Hall–Kier alpha value is -2.38. The number of imidazole rings is 1. The van der Waals surface area contributed by atoms with Crippen molar-refractivity contribution in [2.45, 2.75) is 45.3 Å². The van der Waals surface area contributed by atoms with Crippen molar-refractivity contribution in [3.63, 3.8) is 0 Å². The Morgan fingerprint density at radius 1 is 1.24 bits per heavy atom. The number of para-hydroxylation sites is 1. The highest BCUT2D eigenvalue weighted by atomic mass is 32.2. The second-order valence-corrected chi connectivity index (χ2v) is 11.9. The zero-order valence-corrected chi connectivity index (χ0v) is 22.4. The molecule has 12 nitrogen and oxygen atoms in total. The van der Waals surface area contributed by atoms with Crippen molar-refractivity contribution >= 4 is 30.4 Å². The molecule has 0 bridgehead atoms. The summed E-state index contributed by atoms with van der Waals surface area (Å²) in [5, 5.41) is 31.3. The van der Waals surface area contributed by atoms with E-state index in [4.69, 9.17) is 24.0 Å². The van der Waals surface area contributed by atoms with Gasteiger partial charge in [0.2, 0.25) is 5.88 Å². The highest BCUT2D eigenvalue weighted by Crippen LogP contribution is 2.50. The number of thioether (sulfide) groups is 1. The van der Waals surface area contributed by atoms with Gasteiger partial charge in [-0.1, -0.05) is 57.3 Å². The van der Waals surface area contributed by atoms with Crippen molar-refractivity contribution in [2.24, 2.45) is 11.1 Å². The Bertz CT molecular complexity index is 1140. The Morgan fingerprint density at radius 2 is 1.92 bits per heavy atom. The lowest BCUT2D eigenvalue weighted by Gasteiger charge is -2.21. The summed E-state index contributed by atoms with van der Waals surface area (Å²) in [5.41, 5.74) is 5.04. The predicted octanol–water partition coefficient (Wildman–Crippen LogP) is 2.66. The van der Waals surface area contributed by atoms with Crippen molar-refractivity contribution in [1.82, 2.24) is 9.55 Å². The Morgan fingerprint density at radius 3 is 2.51 bits per heavy atom. The smallest absolute Gasteiger partial charge is 0.493 e. The number of nitrogens with zero attached hydrogens (tertiary/aromatic N) is 2. The number of phosphoric ester groups is 1. The van der Waals surface area contributed by atoms with E-state index in [2.05, 4.69) is 11.6 Å². The van der Waals surface area contributed by atoms with Crippen LogP contribution in [0, 0.1) is 5.41 Å². The quantitative estimate of drug-likeness (QED) is 0.235. The Labute approximate surface area is 219 Å². The first-order valence-corrected chi connectivity index (χ1v) is 13.8. The van der Waals surface area contributed by atoms with E-state index in [9.17, 15) is 24.7 Å². The first-order chi connectivity index (χ1) is 17.3. The van der Waals surface area contributed by atoms with Gasteiger partial charge in [0, 0.05) is 11.2 Å². The molecule has 5 atom stereocenters. The van der Waals surface area contributed by atoms with Gasteiger partial charge in [-0.25, -0.2) is 9.55 Å². The van der Waals surface area contributed by atoms with Gasteiger partial charge < -0.3 is 30.3 Å². The summed E-state index contributed by atoms with van der Waals surface area (Å²) in [6.07, 6.45) is -4.18. The normalized spacial score (nSPS) is 23.5. The van der Waals surface area contributed by atoms with Crippen LogP contribution in [0.5, 0.6) is 11.6 Å². The van der Waals surface area contributed by atoms with E-state index >= 15 is 0 Å². The molecule has 0 amide bonds. The van der Waals surface area contributed by atoms with Crippen LogP contribution in [0.2, 0.25) is 0 Å². The number of aromatic nitrogens is 2. The maximum atomic E-state index is 13.4. The topological polar surface area (TPSA) is 176 Å². The number of carbonyl (C=O) groups excluding carboxylic acids is 1. The number of aromatic hydroxyl groups is 1. The number of hydrogen-bond acceptors (Lipinski definition) is 12. The maximum Gasteiger partial charge on any atom is 0.530 e. The highest BCUT2D eigenvalue weighted by Gasteiger charge is 2.46. The van der Waals surface area contributed by atoms with Crippen LogP contribution in [0.1, 0.15) is 32.7 Å². The molecular formula is C23H32N3O9PS. The second kappa shape index (κ2) is 12.0. The molecule has 0 radical (unpaired) electrons. The number of benzene rings is 1. The van der Waals surface area contributed by atoms with Gasteiger partial charge in [-0.15, -0.1) is 0 Å². The molecular weight excluding hydrogens is 525 g/mol. The molecule has 5 N–H and O–H groups in total. The van der Waals surface area contributed by atoms with E-state index in [1.807, 2.05) is 0 Å². The summed E-state index contributed by atoms with van der Waals surface area (Å²) < 4.78 is 36.6. The molecule has 0 saturated carbocycles. The third-order valence-electron chi connectivity index (χ3n) is 5.22. The SMILES string of the molecule is C=C(N)c1ncn([C@@H]2O[C@H](COP(=O)(OCCSC(=O)C(C)(C)C)Oc3ccccc3)[C@@H](O)[C@H]2O)c1O. The van der Waals surface area contributed by atoms with Crippen LogP contribution in [-0.2, 0) is 23.1 Å². The molecule has 1 aromatic carbocycles. The molecule has 2 aromatic rings. The number of carbonyl (C=O) groups is 1. The summed E-state index contributed by atoms with van der Waals surface area (Å²) in [6.45, 7) is 8.28. The average molecular weight is 558 g/mol. The minimum Gasteiger partial charge on any atom is -0.493 e. The standard InChI is InChI=1S/C23H32N3O9PS/c1-14(24)17-20(29)26(13-25-17)21-19(28)18(27)16(34-21)12-33-36(31,35-15-8-6-5-7-9-15)32-10-11-37-22(30)23(2,3)4/h5-9,13,16,18-19,21,27-29H,1,10-12,24H2,2-4H3/t16-,18-,19-,21-,36?/m1/s1. The lowest BCUT2D eigenvalue weighted by Crippen LogP contribution is -2.33. The van der Waals surface area contributed by atoms with Gasteiger partial charge in [0.05, 0.1) is 18.9 Å². The summed E-state index contributed by atoms with van der Waals surface area (Å²) >= 11 is 1.04. The van der Waals surface area contributed by atoms with Gasteiger partial charge in [0.15, 0.2) is 11.3 Å². The molecule has 14 heteroatoms. The van der Waals surface area contributed by atoms with E-state index in [0.717, 1.165) is 16.3 Å². The fourth-order valence-electron chi connectivity index (χ4n) is 3.23. The molecule has 0 spiro atoms. The number of aliphatic hydroxyl groups is 2. The fraction of sp³-hybridized carbons (Fsp3) is 0.478. The largest absolute Gasteiger partial charge is 0.530 e. The van der Waals surface area contributed by atoms with Crippen LogP contribution >= 0.6 is 19.6 Å². The van der Waals surface area contributed by atoms with Gasteiger partial charge in [0.25, 0.3) is 0 Å². The summed E-state index contributed by atoms with van der Waals surface area (Å²) in [7, 11) is -4.24. The monoisotopic (exact) mass is 557 g/mol. The molecule has 1 aromatic heterocycles. The first kappa shape index (κ1) is 29.2. The predicted molar refractivity (Wildman–Crippen MR) is 137 cm³/mol. The van der Waals surface area contributed by atoms with Crippen molar-refractivity contribution < 1.29 is 43.0 Å². The number of hydrogen-bond donors (Lipinski definition) is 4. The number of ether oxygens (including phenoxy) is 1. The fourth-order valence-corrected chi connectivity index (χ4v) is 5.34. The number of phosphoric acid groups is 1. The third-order valence-corrected chi connectivity index (χ3v) is 7.86.